The van der Waals surface area contributed by atoms with Gasteiger partial charge in [-0.15, -0.1) is 0 Å². The van der Waals surface area contributed by atoms with Crippen LogP contribution in [-0.2, 0) is 15.7 Å². The van der Waals surface area contributed by atoms with E-state index >= 15 is 0 Å². The van der Waals surface area contributed by atoms with Crippen molar-refractivity contribution in [3.8, 4) is 5.75 Å². The van der Waals surface area contributed by atoms with E-state index in [4.69, 9.17) is 50.2 Å². The highest BCUT2D eigenvalue weighted by atomic mass is 35.7. The summed E-state index contributed by atoms with van der Waals surface area (Å²) in [5.74, 6) is 0.316. The van der Waals surface area contributed by atoms with Gasteiger partial charge >= 0.3 is 0 Å². The van der Waals surface area contributed by atoms with Crippen LogP contribution in [0.5, 0.6) is 5.75 Å². The van der Waals surface area contributed by atoms with Crippen LogP contribution in [0.3, 0.4) is 0 Å². The van der Waals surface area contributed by atoms with Gasteiger partial charge in [0.2, 0.25) is 0 Å². The monoisotopic (exact) mass is 384 g/mol. The summed E-state index contributed by atoms with van der Waals surface area (Å²) in [5, 5.41) is 0.956. The Labute approximate surface area is 141 Å². The van der Waals surface area contributed by atoms with Gasteiger partial charge in [0.1, 0.15) is 12.4 Å². The first-order chi connectivity index (χ1) is 9.79. The molecule has 0 saturated heterocycles. The van der Waals surface area contributed by atoms with Gasteiger partial charge in [0.15, 0.2) is 0 Å². The number of hydrogen-bond acceptors (Lipinski definition) is 3. The van der Waals surface area contributed by atoms with E-state index in [9.17, 15) is 8.42 Å². The minimum absolute atomic E-state index is 0.0951. The first-order valence-electron chi connectivity index (χ1n) is 5.59. The van der Waals surface area contributed by atoms with E-state index in [0.717, 1.165) is 0 Å². The molecule has 112 valence electrons. The van der Waals surface area contributed by atoms with Gasteiger partial charge in [-0.1, -0.05) is 46.9 Å². The standard InChI is InChI=1S/C13H8Cl4O3S/c14-10-3-1-2-8(13(10)16)7-20-12-5-4-9(6-11(12)15)21(17,18)19/h1-6H,7H2. The first kappa shape index (κ1) is 16.7. The maximum atomic E-state index is 11.2. The Kier molecular flexibility index (Phi) is 5.28. The van der Waals surface area contributed by atoms with Crippen molar-refractivity contribution in [2.24, 2.45) is 0 Å². The zero-order valence-corrected chi connectivity index (χ0v) is 14.2. The minimum Gasteiger partial charge on any atom is -0.487 e. The molecule has 0 aromatic heterocycles. The summed E-state index contributed by atoms with van der Waals surface area (Å²) < 4.78 is 27.9. The summed E-state index contributed by atoms with van der Waals surface area (Å²) in [5.41, 5.74) is 0.689. The number of ether oxygens (including phenoxy) is 1. The van der Waals surface area contributed by atoms with Crippen LogP contribution in [0.4, 0.5) is 0 Å². The van der Waals surface area contributed by atoms with Crippen molar-refractivity contribution < 1.29 is 13.2 Å². The minimum atomic E-state index is -3.83. The van der Waals surface area contributed by atoms with Gasteiger partial charge in [-0.25, -0.2) is 8.42 Å². The zero-order chi connectivity index (χ0) is 15.6. The molecule has 0 aliphatic carbocycles. The summed E-state index contributed by atoms with van der Waals surface area (Å²) in [4.78, 5) is -0.0951. The lowest BCUT2D eigenvalue weighted by Crippen LogP contribution is -1.98. The maximum Gasteiger partial charge on any atom is 0.261 e. The van der Waals surface area contributed by atoms with E-state index in [1.165, 1.54) is 18.2 Å². The van der Waals surface area contributed by atoms with E-state index in [2.05, 4.69) is 0 Å². The molecule has 0 radical (unpaired) electrons. The highest BCUT2D eigenvalue weighted by molar-refractivity contribution is 8.13. The van der Waals surface area contributed by atoms with Crippen molar-refractivity contribution in [2.75, 3.05) is 0 Å². The SMILES string of the molecule is O=S(=O)(Cl)c1ccc(OCc2cccc(Cl)c2Cl)c(Cl)c1. The van der Waals surface area contributed by atoms with Crippen LogP contribution in [0.25, 0.3) is 0 Å². The largest absolute Gasteiger partial charge is 0.487 e. The number of halogens is 4. The number of hydrogen-bond donors (Lipinski definition) is 0. The maximum absolute atomic E-state index is 11.2. The molecule has 0 N–H and O–H groups in total. The van der Waals surface area contributed by atoms with Gasteiger partial charge < -0.3 is 4.74 Å². The van der Waals surface area contributed by atoms with Gasteiger partial charge in [0.05, 0.1) is 20.0 Å². The Morgan fingerprint density at radius 3 is 2.33 bits per heavy atom. The average Bonchev–Trinajstić information content (AvgIpc) is 2.40. The molecule has 0 fully saturated rings. The fourth-order valence-electron chi connectivity index (χ4n) is 1.57. The summed E-state index contributed by atoms with van der Waals surface area (Å²) in [7, 11) is 1.41. The second-order valence-electron chi connectivity index (χ2n) is 4.03. The molecule has 0 atom stereocenters. The third-order valence-corrected chi connectivity index (χ3v) is 5.10. The van der Waals surface area contributed by atoms with Crippen molar-refractivity contribution in [1.29, 1.82) is 0 Å². The second kappa shape index (κ2) is 6.63. The Balaban J connectivity index is 2.19. The fraction of sp³-hybridized carbons (Fsp3) is 0.0769. The molecule has 0 bridgehead atoms. The van der Waals surface area contributed by atoms with Crippen molar-refractivity contribution in [2.45, 2.75) is 11.5 Å². The van der Waals surface area contributed by atoms with Crippen LogP contribution in [0, 0.1) is 0 Å². The molecule has 0 unspecified atom stereocenters. The molecular weight excluding hydrogens is 378 g/mol. The lowest BCUT2D eigenvalue weighted by molar-refractivity contribution is 0.306. The topological polar surface area (TPSA) is 43.4 Å². The van der Waals surface area contributed by atoms with Crippen LogP contribution in [-0.4, -0.2) is 8.42 Å². The van der Waals surface area contributed by atoms with Gasteiger partial charge in [0.25, 0.3) is 9.05 Å². The molecule has 3 nitrogen and oxygen atoms in total. The Hall–Kier alpha value is -0.650. The molecule has 2 rings (SSSR count). The summed E-state index contributed by atoms with van der Waals surface area (Å²) in [6.45, 7) is 0.145. The van der Waals surface area contributed by atoms with Gasteiger partial charge in [-0.3, -0.25) is 0 Å². The molecule has 8 heteroatoms. The molecule has 2 aromatic carbocycles. The molecule has 21 heavy (non-hydrogen) atoms. The molecular formula is C13H8Cl4O3S. The highest BCUT2D eigenvalue weighted by Crippen LogP contribution is 2.31. The predicted octanol–water partition coefficient (Wildman–Crippen LogP) is 5.15. The molecule has 0 aliphatic heterocycles. The smallest absolute Gasteiger partial charge is 0.261 e. The molecule has 0 spiro atoms. The van der Waals surface area contributed by atoms with E-state index in [1.807, 2.05) is 0 Å². The van der Waals surface area contributed by atoms with Gasteiger partial charge in [-0.2, -0.15) is 0 Å². The Bertz CT molecular complexity index is 775. The summed E-state index contributed by atoms with van der Waals surface area (Å²) >= 11 is 17.9. The van der Waals surface area contributed by atoms with Crippen LogP contribution in [0.15, 0.2) is 41.3 Å². The Morgan fingerprint density at radius 1 is 1.00 bits per heavy atom. The molecule has 0 saturated carbocycles. The average molecular weight is 386 g/mol. The van der Waals surface area contributed by atoms with Crippen LogP contribution in [0.1, 0.15) is 5.56 Å². The number of benzene rings is 2. The van der Waals surface area contributed by atoms with Gasteiger partial charge in [-0.05, 0) is 24.3 Å². The summed E-state index contributed by atoms with van der Waals surface area (Å²) in [6, 6.07) is 9.13. The van der Waals surface area contributed by atoms with Crippen LogP contribution < -0.4 is 4.74 Å². The molecule has 0 amide bonds. The summed E-state index contributed by atoms with van der Waals surface area (Å²) in [6.07, 6.45) is 0. The highest BCUT2D eigenvalue weighted by Gasteiger charge is 2.13. The fourth-order valence-corrected chi connectivity index (χ4v) is 3.02. The quantitative estimate of drug-likeness (QED) is 0.683. The van der Waals surface area contributed by atoms with Crippen LogP contribution >= 0.6 is 45.5 Å². The lowest BCUT2D eigenvalue weighted by Gasteiger charge is -2.10. The van der Waals surface area contributed by atoms with Crippen molar-refractivity contribution >= 4 is 54.5 Å². The first-order valence-corrected chi connectivity index (χ1v) is 9.03. The van der Waals surface area contributed by atoms with Crippen molar-refractivity contribution in [1.82, 2.24) is 0 Å². The van der Waals surface area contributed by atoms with E-state index in [0.29, 0.717) is 21.4 Å². The third kappa shape index (κ3) is 4.18. The lowest BCUT2D eigenvalue weighted by atomic mass is 10.2. The van der Waals surface area contributed by atoms with Crippen molar-refractivity contribution in [3.05, 3.63) is 57.0 Å². The second-order valence-corrected chi connectivity index (χ2v) is 7.79. The molecule has 0 aliphatic rings. The van der Waals surface area contributed by atoms with Crippen LogP contribution in [0.2, 0.25) is 15.1 Å². The van der Waals surface area contributed by atoms with E-state index in [1.54, 1.807) is 18.2 Å². The predicted molar refractivity (Wildman–Crippen MR) is 85.3 cm³/mol. The number of rotatable bonds is 4. The zero-order valence-electron chi connectivity index (χ0n) is 10.3. The van der Waals surface area contributed by atoms with Crippen molar-refractivity contribution in [3.63, 3.8) is 0 Å². The van der Waals surface area contributed by atoms with Gasteiger partial charge in [0, 0.05) is 16.2 Å². The normalized spacial score (nSPS) is 11.4. The Morgan fingerprint density at radius 2 is 1.71 bits per heavy atom. The molecule has 2 aromatic rings. The molecule has 0 heterocycles. The third-order valence-electron chi connectivity index (χ3n) is 2.60. The van der Waals surface area contributed by atoms with E-state index < -0.39 is 9.05 Å². The van der Waals surface area contributed by atoms with E-state index in [-0.39, 0.29) is 16.5 Å².